The molecule has 6 heteroatoms. The van der Waals surface area contributed by atoms with Crippen molar-refractivity contribution in [1.82, 2.24) is 9.88 Å². The van der Waals surface area contributed by atoms with Crippen LogP contribution in [0.5, 0.6) is 0 Å². The molecule has 1 atom stereocenters. The van der Waals surface area contributed by atoms with Crippen molar-refractivity contribution in [3.8, 4) is 0 Å². The maximum atomic E-state index is 8.63. The van der Waals surface area contributed by atoms with Gasteiger partial charge in [-0.25, -0.2) is 4.98 Å². The Balaban J connectivity index is 1.77. The van der Waals surface area contributed by atoms with Gasteiger partial charge in [-0.1, -0.05) is 0 Å². The van der Waals surface area contributed by atoms with Crippen molar-refractivity contribution in [2.24, 2.45) is 0 Å². The summed E-state index contributed by atoms with van der Waals surface area (Å²) >= 11 is 1.66. The van der Waals surface area contributed by atoms with Crippen molar-refractivity contribution in [1.29, 1.82) is 0 Å². The molecule has 1 N–H and O–H groups in total. The molecule has 0 aliphatic carbocycles. The highest BCUT2D eigenvalue weighted by Crippen LogP contribution is 2.24. The third-order valence-electron chi connectivity index (χ3n) is 2.85. The molecule has 5 nitrogen and oxygen atoms in total. The highest BCUT2D eigenvalue weighted by molar-refractivity contribution is 7.09. The summed E-state index contributed by atoms with van der Waals surface area (Å²) in [4.78, 5) is 6.80. The second kappa shape index (κ2) is 7.16. The van der Waals surface area contributed by atoms with Crippen LogP contribution >= 0.6 is 11.3 Å². The Kier molecular flexibility index (Phi) is 5.52. The Bertz CT molecular complexity index is 359. The van der Waals surface area contributed by atoms with Gasteiger partial charge in [0.25, 0.3) is 0 Å². The normalized spacial score (nSPS) is 21.3. The first-order chi connectivity index (χ1) is 8.79. The molecular formula is C12H20N2O3S. The van der Waals surface area contributed by atoms with Gasteiger partial charge in [0.05, 0.1) is 26.4 Å². The minimum absolute atomic E-state index is 0.0874. The number of hydrogen-bond acceptors (Lipinski definition) is 6. The van der Waals surface area contributed by atoms with E-state index in [0.29, 0.717) is 13.2 Å². The Labute approximate surface area is 111 Å². The standard InChI is InChI=1S/C12H20N2O3S/c1-10-9-18-12(13-10)11-8-14(3-6-17-11)2-5-16-7-4-15/h9,11,15H,2-8H2,1H3. The predicted octanol–water partition coefficient (Wildman–Crippen LogP) is 0.834. The lowest BCUT2D eigenvalue weighted by Crippen LogP contribution is -2.40. The highest BCUT2D eigenvalue weighted by atomic mass is 32.1. The Morgan fingerprint density at radius 2 is 2.50 bits per heavy atom. The van der Waals surface area contributed by atoms with Gasteiger partial charge in [0, 0.05) is 30.7 Å². The molecule has 1 aliphatic heterocycles. The molecule has 0 aromatic carbocycles. The van der Waals surface area contributed by atoms with Crippen LogP contribution in [-0.4, -0.2) is 61.1 Å². The second-order valence-corrected chi connectivity index (χ2v) is 5.21. The van der Waals surface area contributed by atoms with E-state index in [2.05, 4.69) is 15.3 Å². The molecule has 0 bridgehead atoms. The van der Waals surface area contributed by atoms with Crippen LogP contribution in [0.25, 0.3) is 0 Å². The zero-order chi connectivity index (χ0) is 12.8. The van der Waals surface area contributed by atoms with Crippen LogP contribution in [-0.2, 0) is 9.47 Å². The largest absolute Gasteiger partial charge is 0.394 e. The van der Waals surface area contributed by atoms with Gasteiger partial charge >= 0.3 is 0 Å². The molecule has 1 unspecified atom stereocenters. The first kappa shape index (κ1) is 13.9. The van der Waals surface area contributed by atoms with E-state index in [-0.39, 0.29) is 12.7 Å². The minimum atomic E-state index is 0.0874. The van der Waals surface area contributed by atoms with E-state index in [0.717, 1.165) is 36.9 Å². The summed E-state index contributed by atoms with van der Waals surface area (Å²) in [6.07, 6.45) is 0.0929. The molecule has 2 heterocycles. The third-order valence-corrected chi connectivity index (χ3v) is 3.90. The van der Waals surface area contributed by atoms with E-state index in [1.54, 1.807) is 11.3 Å². The molecule has 1 fully saturated rings. The second-order valence-electron chi connectivity index (χ2n) is 4.32. The summed E-state index contributed by atoms with van der Waals surface area (Å²) in [5.74, 6) is 0. The Morgan fingerprint density at radius 1 is 1.61 bits per heavy atom. The van der Waals surface area contributed by atoms with Gasteiger partial charge in [0.2, 0.25) is 0 Å². The van der Waals surface area contributed by atoms with Crippen LogP contribution in [0.15, 0.2) is 5.38 Å². The van der Waals surface area contributed by atoms with Crippen LogP contribution in [0, 0.1) is 6.92 Å². The molecule has 1 aromatic heterocycles. The van der Waals surface area contributed by atoms with E-state index in [1.807, 2.05) is 6.92 Å². The number of rotatable bonds is 6. The fraction of sp³-hybridized carbons (Fsp3) is 0.750. The molecule has 0 spiro atoms. The van der Waals surface area contributed by atoms with E-state index in [4.69, 9.17) is 14.6 Å². The van der Waals surface area contributed by atoms with Crippen LogP contribution in [0.2, 0.25) is 0 Å². The fourth-order valence-electron chi connectivity index (χ4n) is 1.94. The van der Waals surface area contributed by atoms with Crippen molar-refractivity contribution < 1.29 is 14.6 Å². The van der Waals surface area contributed by atoms with E-state index >= 15 is 0 Å². The Hall–Kier alpha value is -0.530. The predicted molar refractivity (Wildman–Crippen MR) is 69.9 cm³/mol. The zero-order valence-electron chi connectivity index (χ0n) is 10.7. The highest BCUT2D eigenvalue weighted by Gasteiger charge is 2.23. The number of hydrogen-bond donors (Lipinski definition) is 1. The van der Waals surface area contributed by atoms with Crippen LogP contribution < -0.4 is 0 Å². The number of aliphatic hydroxyl groups is 1. The van der Waals surface area contributed by atoms with Gasteiger partial charge in [-0.3, -0.25) is 4.90 Å². The van der Waals surface area contributed by atoms with Gasteiger partial charge in [-0.05, 0) is 6.92 Å². The molecule has 0 amide bonds. The van der Waals surface area contributed by atoms with Crippen molar-refractivity contribution >= 4 is 11.3 Å². The van der Waals surface area contributed by atoms with Crippen molar-refractivity contribution in [3.05, 3.63) is 16.1 Å². The number of ether oxygens (including phenoxy) is 2. The molecule has 1 aromatic rings. The quantitative estimate of drug-likeness (QED) is 0.778. The summed E-state index contributed by atoms with van der Waals surface area (Å²) in [6.45, 7) is 6.59. The minimum Gasteiger partial charge on any atom is -0.394 e. The summed E-state index contributed by atoms with van der Waals surface area (Å²) in [5.41, 5.74) is 1.06. The van der Waals surface area contributed by atoms with Crippen LogP contribution in [0.1, 0.15) is 16.8 Å². The van der Waals surface area contributed by atoms with Gasteiger partial charge in [0.1, 0.15) is 11.1 Å². The summed E-state index contributed by atoms with van der Waals surface area (Å²) in [7, 11) is 0. The average Bonchev–Trinajstić information content (AvgIpc) is 2.82. The van der Waals surface area contributed by atoms with Crippen molar-refractivity contribution in [2.75, 3.05) is 46.1 Å². The van der Waals surface area contributed by atoms with E-state index in [9.17, 15) is 0 Å². The lowest BCUT2D eigenvalue weighted by Gasteiger charge is -2.31. The number of morpholine rings is 1. The molecule has 2 rings (SSSR count). The third kappa shape index (κ3) is 4.00. The smallest absolute Gasteiger partial charge is 0.123 e. The molecule has 1 saturated heterocycles. The molecule has 0 saturated carbocycles. The number of aromatic nitrogens is 1. The first-order valence-corrected chi connectivity index (χ1v) is 7.12. The van der Waals surface area contributed by atoms with E-state index < -0.39 is 0 Å². The van der Waals surface area contributed by atoms with Crippen molar-refractivity contribution in [3.63, 3.8) is 0 Å². The maximum Gasteiger partial charge on any atom is 0.123 e. The van der Waals surface area contributed by atoms with Crippen molar-refractivity contribution in [2.45, 2.75) is 13.0 Å². The van der Waals surface area contributed by atoms with Gasteiger partial charge in [-0.2, -0.15) is 0 Å². The fourth-order valence-corrected chi connectivity index (χ4v) is 2.77. The SMILES string of the molecule is Cc1csc(C2CN(CCOCCO)CCO2)n1. The van der Waals surface area contributed by atoms with Crippen LogP contribution in [0.4, 0.5) is 0 Å². The lowest BCUT2D eigenvalue weighted by molar-refractivity contribution is -0.0390. The average molecular weight is 272 g/mol. The number of aliphatic hydroxyl groups excluding tert-OH is 1. The molecule has 1 aliphatic rings. The zero-order valence-corrected chi connectivity index (χ0v) is 11.5. The lowest BCUT2D eigenvalue weighted by atomic mass is 10.3. The molecule has 102 valence electrons. The van der Waals surface area contributed by atoms with Crippen LogP contribution in [0.3, 0.4) is 0 Å². The summed E-state index contributed by atoms with van der Waals surface area (Å²) in [6, 6.07) is 0. The molecule has 0 radical (unpaired) electrons. The topological polar surface area (TPSA) is 54.8 Å². The molecule has 18 heavy (non-hydrogen) atoms. The number of aryl methyl sites for hydroxylation is 1. The first-order valence-electron chi connectivity index (χ1n) is 6.24. The number of nitrogens with zero attached hydrogens (tertiary/aromatic N) is 2. The van der Waals surface area contributed by atoms with Gasteiger partial charge in [-0.15, -0.1) is 11.3 Å². The maximum absolute atomic E-state index is 8.63. The van der Waals surface area contributed by atoms with Gasteiger partial charge in [0.15, 0.2) is 0 Å². The monoisotopic (exact) mass is 272 g/mol. The van der Waals surface area contributed by atoms with Gasteiger partial charge < -0.3 is 14.6 Å². The van der Waals surface area contributed by atoms with E-state index in [1.165, 1.54) is 0 Å². The summed E-state index contributed by atoms with van der Waals surface area (Å²) < 4.78 is 11.0. The molecular weight excluding hydrogens is 252 g/mol. The number of thiazole rings is 1. The Morgan fingerprint density at radius 3 is 3.22 bits per heavy atom. The summed E-state index contributed by atoms with van der Waals surface area (Å²) in [5, 5.41) is 11.8.